The van der Waals surface area contributed by atoms with Crippen molar-refractivity contribution in [2.24, 2.45) is 5.92 Å². The first-order chi connectivity index (χ1) is 9.83. The molecule has 3 nitrogen and oxygen atoms in total. The summed E-state index contributed by atoms with van der Waals surface area (Å²) in [5, 5.41) is 3.35. The highest BCUT2D eigenvalue weighted by Gasteiger charge is 2.23. The van der Waals surface area contributed by atoms with Gasteiger partial charge < -0.3 is 10.2 Å². The van der Waals surface area contributed by atoms with Gasteiger partial charge in [-0.25, -0.2) is 0 Å². The quantitative estimate of drug-likeness (QED) is 0.893. The van der Waals surface area contributed by atoms with E-state index in [4.69, 9.17) is 0 Å². The van der Waals surface area contributed by atoms with Crippen LogP contribution in [-0.4, -0.2) is 37.0 Å². The summed E-state index contributed by atoms with van der Waals surface area (Å²) < 4.78 is 0. The smallest absolute Gasteiger partial charge is 0.222 e. The Kier molecular flexibility index (Phi) is 4.36. The normalized spacial score (nSPS) is 23.0. The molecule has 20 heavy (non-hydrogen) atoms. The molecule has 1 aliphatic carbocycles. The predicted octanol–water partition coefficient (Wildman–Crippen LogP) is 2.00. The Bertz CT molecular complexity index is 464. The SMILES string of the molecule is O=C(CC1CCc2ccccc2C1)N1CCCNCC1. The van der Waals surface area contributed by atoms with Gasteiger partial charge in [-0.3, -0.25) is 4.79 Å². The molecular weight excluding hydrogens is 248 g/mol. The van der Waals surface area contributed by atoms with Crippen molar-refractivity contribution < 1.29 is 4.79 Å². The van der Waals surface area contributed by atoms with Gasteiger partial charge in [-0.05, 0) is 49.3 Å². The first-order valence-electron chi connectivity index (χ1n) is 7.88. The van der Waals surface area contributed by atoms with E-state index in [-0.39, 0.29) is 0 Å². The van der Waals surface area contributed by atoms with Gasteiger partial charge in [0.2, 0.25) is 5.91 Å². The van der Waals surface area contributed by atoms with Crippen LogP contribution in [0.25, 0.3) is 0 Å². The molecule has 1 aromatic rings. The van der Waals surface area contributed by atoms with Crippen LogP contribution >= 0.6 is 0 Å². The topological polar surface area (TPSA) is 32.3 Å². The Labute approximate surface area is 121 Å². The Morgan fingerprint density at radius 1 is 1.20 bits per heavy atom. The van der Waals surface area contributed by atoms with Gasteiger partial charge in [0.15, 0.2) is 0 Å². The van der Waals surface area contributed by atoms with Crippen molar-refractivity contribution in [2.75, 3.05) is 26.2 Å². The van der Waals surface area contributed by atoms with Gasteiger partial charge in [-0.2, -0.15) is 0 Å². The molecule has 1 heterocycles. The Morgan fingerprint density at radius 2 is 2.05 bits per heavy atom. The lowest BCUT2D eigenvalue weighted by Gasteiger charge is -2.27. The van der Waals surface area contributed by atoms with Crippen LogP contribution in [0.2, 0.25) is 0 Å². The first-order valence-corrected chi connectivity index (χ1v) is 7.88. The number of hydrogen-bond donors (Lipinski definition) is 1. The summed E-state index contributed by atoms with van der Waals surface area (Å²) in [7, 11) is 0. The summed E-state index contributed by atoms with van der Waals surface area (Å²) in [5.41, 5.74) is 2.93. The molecule has 2 aliphatic rings. The van der Waals surface area contributed by atoms with Gasteiger partial charge in [-0.1, -0.05) is 24.3 Å². The third-order valence-electron chi connectivity index (χ3n) is 4.60. The van der Waals surface area contributed by atoms with Gasteiger partial charge in [0.25, 0.3) is 0 Å². The van der Waals surface area contributed by atoms with E-state index in [0.717, 1.165) is 58.3 Å². The number of carbonyl (C=O) groups excluding carboxylic acids is 1. The van der Waals surface area contributed by atoms with E-state index in [2.05, 4.69) is 34.5 Å². The lowest BCUT2D eigenvalue weighted by atomic mass is 9.82. The lowest BCUT2D eigenvalue weighted by molar-refractivity contribution is -0.132. The number of amides is 1. The summed E-state index contributed by atoms with van der Waals surface area (Å²) in [6.07, 6.45) is 5.19. The summed E-state index contributed by atoms with van der Waals surface area (Å²) >= 11 is 0. The molecule has 1 aliphatic heterocycles. The van der Waals surface area contributed by atoms with Crippen LogP contribution in [0.15, 0.2) is 24.3 Å². The number of rotatable bonds is 2. The van der Waals surface area contributed by atoms with Gasteiger partial charge in [0, 0.05) is 26.1 Å². The molecule has 3 heteroatoms. The molecule has 0 saturated carbocycles. The van der Waals surface area contributed by atoms with Crippen molar-refractivity contribution in [1.82, 2.24) is 10.2 Å². The highest BCUT2D eigenvalue weighted by Crippen LogP contribution is 2.27. The average molecular weight is 272 g/mol. The number of carbonyl (C=O) groups is 1. The average Bonchev–Trinajstić information content (AvgIpc) is 2.76. The monoisotopic (exact) mass is 272 g/mol. The second-order valence-electron chi connectivity index (χ2n) is 6.07. The third kappa shape index (κ3) is 3.21. The standard InChI is InChI=1S/C17H24N2O/c20-17(19-10-3-8-18-9-11-19)13-14-6-7-15-4-1-2-5-16(15)12-14/h1-2,4-5,14,18H,3,6-13H2. The molecular formula is C17H24N2O. The molecule has 0 aromatic heterocycles. The third-order valence-corrected chi connectivity index (χ3v) is 4.60. The van der Waals surface area contributed by atoms with E-state index < -0.39 is 0 Å². The summed E-state index contributed by atoms with van der Waals surface area (Å²) in [6, 6.07) is 8.69. The van der Waals surface area contributed by atoms with Crippen LogP contribution in [0, 0.1) is 5.92 Å². The van der Waals surface area contributed by atoms with Crippen molar-refractivity contribution in [3.63, 3.8) is 0 Å². The molecule has 108 valence electrons. The maximum atomic E-state index is 12.4. The highest BCUT2D eigenvalue weighted by atomic mass is 16.2. The second-order valence-corrected chi connectivity index (χ2v) is 6.07. The molecule has 1 unspecified atom stereocenters. The number of hydrogen-bond acceptors (Lipinski definition) is 2. The number of nitrogens with one attached hydrogen (secondary N) is 1. The Balaban J connectivity index is 1.57. The molecule has 1 amide bonds. The molecule has 1 N–H and O–H groups in total. The molecule has 0 spiro atoms. The molecule has 1 fully saturated rings. The molecule has 1 atom stereocenters. The van der Waals surface area contributed by atoms with E-state index in [1.165, 1.54) is 11.1 Å². The number of benzene rings is 1. The Morgan fingerprint density at radius 3 is 2.95 bits per heavy atom. The van der Waals surface area contributed by atoms with Crippen LogP contribution in [0.5, 0.6) is 0 Å². The minimum Gasteiger partial charge on any atom is -0.341 e. The summed E-state index contributed by atoms with van der Waals surface area (Å²) in [6.45, 7) is 3.79. The van der Waals surface area contributed by atoms with Gasteiger partial charge >= 0.3 is 0 Å². The number of aryl methyl sites for hydroxylation is 1. The van der Waals surface area contributed by atoms with Crippen LogP contribution in [0.1, 0.15) is 30.4 Å². The molecule has 3 rings (SSSR count). The van der Waals surface area contributed by atoms with Crippen molar-refractivity contribution >= 4 is 5.91 Å². The van der Waals surface area contributed by atoms with Crippen molar-refractivity contribution in [3.8, 4) is 0 Å². The lowest BCUT2D eigenvalue weighted by Crippen LogP contribution is -2.35. The maximum Gasteiger partial charge on any atom is 0.222 e. The largest absolute Gasteiger partial charge is 0.341 e. The fourth-order valence-corrected chi connectivity index (χ4v) is 3.42. The van der Waals surface area contributed by atoms with Crippen LogP contribution < -0.4 is 5.32 Å². The van der Waals surface area contributed by atoms with Crippen molar-refractivity contribution in [1.29, 1.82) is 0 Å². The zero-order valence-electron chi connectivity index (χ0n) is 12.1. The van der Waals surface area contributed by atoms with Gasteiger partial charge in [0.1, 0.15) is 0 Å². The van der Waals surface area contributed by atoms with Gasteiger partial charge in [0.05, 0.1) is 0 Å². The van der Waals surface area contributed by atoms with Crippen LogP contribution in [0.3, 0.4) is 0 Å². The number of nitrogens with zero attached hydrogens (tertiary/aromatic N) is 1. The van der Waals surface area contributed by atoms with Crippen LogP contribution in [-0.2, 0) is 17.6 Å². The maximum absolute atomic E-state index is 12.4. The minimum absolute atomic E-state index is 0.359. The summed E-state index contributed by atoms with van der Waals surface area (Å²) in [5.74, 6) is 0.895. The zero-order chi connectivity index (χ0) is 13.8. The van der Waals surface area contributed by atoms with Crippen molar-refractivity contribution in [3.05, 3.63) is 35.4 Å². The fourth-order valence-electron chi connectivity index (χ4n) is 3.42. The zero-order valence-corrected chi connectivity index (χ0v) is 12.1. The van der Waals surface area contributed by atoms with Crippen LogP contribution in [0.4, 0.5) is 0 Å². The number of fused-ring (bicyclic) bond motifs is 1. The molecule has 0 bridgehead atoms. The second kappa shape index (κ2) is 6.40. The van der Waals surface area contributed by atoms with E-state index in [0.29, 0.717) is 11.8 Å². The molecule has 0 radical (unpaired) electrons. The minimum atomic E-state index is 0.359. The van der Waals surface area contributed by atoms with E-state index in [1.54, 1.807) is 0 Å². The van der Waals surface area contributed by atoms with E-state index >= 15 is 0 Å². The highest BCUT2D eigenvalue weighted by molar-refractivity contribution is 5.76. The Hall–Kier alpha value is -1.35. The van der Waals surface area contributed by atoms with Crippen molar-refractivity contribution in [2.45, 2.75) is 32.1 Å². The molecule has 1 saturated heterocycles. The predicted molar refractivity (Wildman–Crippen MR) is 80.6 cm³/mol. The summed E-state index contributed by atoms with van der Waals surface area (Å²) in [4.78, 5) is 14.5. The van der Waals surface area contributed by atoms with E-state index in [9.17, 15) is 4.79 Å². The molecule has 1 aromatic carbocycles. The first kappa shape index (κ1) is 13.6. The van der Waals surface area contributed by atoms with E-state index in [1.807, 2.05) is 0 Å². The van der Waals surface area contributed by atoms with Gasteiger partial charge in [-0.15, -0.1) is 0 Å². The fraction of sp³-hybridized carbons (Fsp3) is 0.588.